The number of halogens is 4. The van der Waals surface area contributed by atoms with Gasteiger partial charge in [0.2, 0.25) is 5.91 Å². The number of rotatable bonds is 9. The van der Waals surface area contributed by atoms with Crippen LogP contribution in [0.2, 0.25) is 5.02 Å². The van der Waals surface area contributed by atoms with E-state index in [2.05, 4.69) is 44.0 Å². The number of alkyl halides is 3. The number of imidazole rings is 1. The maximum atomic E-state index is 16.4. The van der Waals surface area contributed by atoms with Crippen molar-refractivity contribution in [1.29, 1.82) is 0 Å². The third-order valence-corrected chi connectivity index (χ3v) is 15.1. The second-order valence-corrected chi connectivity index (χ2v) is 18.9. The Bertz CT molecular complexity index is 2520. The first-order valence-electron chi connectivity index (χ1n) is 22.5. The molecule has 2 atom stereocenters. The Morgan fingerprint density at radius 1 is 0.938 bits per heavy atom. The number of nitrogens with one attached hydrogen (secondary N) is 3. The molecule has 5 amide bonds. The summed E-state index contributed by atoms with van der Waals surface area (Å²) in [5.74, 6) is -2.86. The van der Waals surface area contributed by atoms with Crippen LogP contribution in [0.3, 0.4) is 0 Å². The number of likely N-dealkylation sites (tertiary alicyclic amines) is 2. The smallest absolute Gasteiger partial charge is 0.328 e. The van der Waals surface area contributed by atoms with E-state index >= 15 is 8.78 Å². The molecule has 14 nitrogen and oxygen atoms in total. The molecule has 10 rings (SSSR count). The molecule has 5 fully saturated rings. The molecule has 3 saturated heterocycles. The standard InChI is InChI=1S/C46H52ClF3N10O4/c1-51-35-24-39(55-60-38(25-52-41(35)60)42(62)53-34-23-33(34)48)58-16-11-31-28(3-2-4-36(31)58)21-27-5-8-30(9-6-27)57-20-15-45(46(49,50)26-57)13-18-56(19-14-45)43(63)29-7-10-32(47)37(22-29)59-17-12-40(61)54-44(59)64/h2-4,7,10,22,24-25,27,30,33-34,51H,5-6,8-9,11-21,23,26H2,1H3,(H,53,62)(H,54,61,64). The van der Waals surface area contributed by atoms with Crippen molar-refractivity contribution in [3.8, 4) is 0 Å². The van der Waals surface area contributed by atoms with Crippen LogP contribution in [0.15, 0.2) is 48.7 Å². The third kappa shape index (κ3) is 7.71. The maximum absolute atomic E-state index is 16.4. The summed E-state index contributed by atoms with van der Waals surface area (Å²) >= 11 is 6.40. The SMILES string of the molecule is CNc1cc(N2CCc3c(CC4CCC(N5CCC6(CCN(C(=O)c7ccc(Cl)c(N8CCC(=O)NC8=O)c7)CC6)C(F)(F)C5)CC4)cccc32)nn2c(C(=O)NC3CC3F)cnc12. The van der Waals surface area contributed by atoms with Gasteiger partial charge in [0.05, 0.1) is 35.2 Å². The minimum Gasteiger partial charge on any atom is -0.385 e. The van der Waals surface area contributed by atoms with Gasteiger partial charge in [0.15, 0.2) is 17.2 Å². The number of urea groups is 1. The first-order valence-corrected chi connectivity index (χ1v) is 22.9. The van der Waals surface area contributed by atoms with Gasteiger partial charge in [-0.15, -0.1) is 5.10 Å². The lowest BCUT2D eigenvalue weighted by Gasteiger charge is -2.53. The van der Waals surface area contributed by atoms with E-state index in [0.717, 1.165) is 56.4 Å². The number of hydrogen-bond donors (Lipinski definition) is 3. The Kier molecular flexibility index (Phi) is 11.0. The van der Waals surface area contributed by atoms with Crippen molar-refractivity contribution in [2.45, 2.75) is 94.8 Å². The molecule has 2 unspecified atom stereocenters. The molecule has 64 heavy (non-hydrogen) atoms. The minimum atomic E-state index is -2.89. The van der Waals surface area contributed by atoms with Crippen molar-refractivity contribution < 1.29 is 32.3 Å². The number of nitrogens with zero attached hydrogens (tertiary/aromatic N) is 7. The molecule has 6 aliphatic rings. The predicted octanol–water partition coefficient (Wildman–Crippen LogP) is 6.77. The molecule has 2 saturated carbocycles. The maximum Gasteiger partial charge on any atom is 0.328 e. The number of anilines is 4. The van der Waals surface area contributed by atoms with Gasteiger partial charge in [-0.1, -0.05) is 23.7 Å². The van der Waals surface area contributed by atoms with Crippen LogP contribution in [-0.4, -0.2) is 119 Å². The molecule has 1 spiro atoms. The van der Waals surface area contributed by atoms with Gasteiger partial charge in [-0.2, -0.15) is 0 Å². The summed E-state index contributed by atoms with van der Waals surface area (Å²) in [7, 11) is 1.80. The monoisotopic (exact) mass is 900 g/mol. The van der Waals surface area contributed by atoms with Crippen molar-refractivity contribution in [3.63, 3.8) is 0 Å². The summed E-state index contributed by atoms with van der Waals surface area (Å²) in [6, 6.07) is 12.0. The van der Waals surface area contributed by atoms with E-state index in [1.807, 2.05) is 11.0 Å². The average Bonchev–Trinajstić information content (AvgIpc) is 3.59. The zero-order valence-corrected chi connectivity index (χ0v) is 36.5. The van der Waals surface area contributed by atoms with E-state index in [1.165, 1.54) is 32.8 Å². The fourth-order valence-corrected chi connectivity index (χ4v) is 11.1. The molecule has 0 radical (unpaired) electrons. The molecule has 2 aromatic carbocycles. The van der Waals surface area contributed by atoms with Crippen LogP contribution in [0, 0.1) is 11.3 Å². The fourth-order valence-electron chi connectivity index (χ4n) is 10.9. The molecule has 6 heterocycles. The van der Waals surface area contributed by atoms with Crippen molar-refractivity contribution in [2.24, 2.45) is 11.3 Å². The van der Waals surface area contributed by atoms with Crippen LogP contribution in [-0.2, 0) is 17.6 Å². The van der Waals surface area contributed by atoms with E-state index in [9.17, 15) is 23.6 Å². The summed E-state index contributed by atoms with van der Waals surface area (Å²) in [6.07, 6.45) is 7.14. The Morgan fingerprint density at radius 3 is 2.41 bits per heavy atom. The number of hydrogen-bond acceptors (Lipinski definition) is 9. The zero-order chi connectivity index (χ0) is 44.5. The van der Waals surface area contributed by atoms with Gasteiger partial charge in [-0.05, 0) is 106 Å². The Morgan fingerprint density at radius 2 is 1.69 bits per heavy atom. The van der Waals surface area contributed by atoms with Gasteiger partial charge in [0, 0.05) is 74.8 Å². The number of amides is 5. The first kappa shape index (κ1) is 42.5. The predicted molar refractivity (Wildman–Crippen MR) is 236 cm³/mol. The van der Waals surface area contributed by atoms with Crippen molar-refractivity contribution in [2.75, 3.05) is 61.4 Å². The highest BCUT2D eigenvalue weighted by Gasteiger charge is 2.58. The van der Waals surface area contributed by atoms with Crippen LogP contribution in [0.1, 0.15) is 89.8 Å². The molecule has 3 N–H and O–H groups in total. The van der Waals surface area contributed by atoms with E-state index in [4.69, 9.17) is 16.7 Å². The van der Waals surface area contributed by atoms with E-state index in [-0.39, 0.29) is 74.0 Å². The largest absolute Gasteiger partial charge is 0.385 e. The number of benzene rings is 2. The zero-order valence-electron chi connectivity index (χ0n) is 35.7. The number of carbonyl (C=O) groups excluding carboxylic acids is 4. The van der Waals surface area contributed by atoms with Crippen molar-refractivity contribution in [3.05, 3.63) is 76.1 Å². The lowest BCUT2D eigenvalue weighted by Crippen LogP contribution is -2.61. The molecule has 18 heteroatoms. The normalized spacial score (nSPS) is 25.4. The second-order valence-electron chi connectivity index (χ2n) is 18.5. The summed E-state index contributed by atoms with van der Waals surface area (Å²) < 4.78 is 47.8. The molecule has 4 aliphatic heterocycles. The molecule has 338 valence electrons. The van der Waals surface area contributed by atoms with Gasteiger partial charge >= 0.3 is 6.03 Å². The van der Waals surface area contributed by atoms with Crippen LogP contribution in [0.25, 0.3) is 5.65 Å². The third-order valence-electron chi connectivity index (χ3n) is 14.8. The number of carbonyl (C=O) groups is 4. The topological polar surface area (TPSA) is 148 Å². The van der Waals surface area contributed by atoms with Gasteiger partial charge < -0.3 is 20.4 Å². The number of aromatic nitrogens is 3. The van der Waals surface area contributed by atoms with Crippen LogP contribution >= 0.6 is 11.6 Å². The quantitative estimate of drug-likeness (QED) is 0.166. The van der Waals surface area contributed by atoms with E-state index in [1.54, 1.807) is 24.1 Å². The highest BCUT2D eigenvalue weighted by atomic mass is 35.5. The van der Waals surface area contributed by atoms with Crippen LogP contribution in [0.4, 0.5) is 40.8 Å². The Labute approximate surface area is 373 Å². The highest BCUT2D eigenvalue weighted by molar-refractivity contribution is 6.34. The van der Waals surface area contributed by atoms with Crippen LogP contribution in [0.5, 0.6) is 0 Å². The molecule has 2 aliphatic carbocycles. The Balaban J connectivity index is 0.743. The summed E-state index contributed by atoms with van der Waals surface area (Å²) in [6.45, 7) is 1.63. The Hall–Kier alpha value is -5.42. The number of imide groups is 1. The number of fused-ring (bicyclic) bond motifs is 2. The van der Waals surface area contributed by atoms with Gasteiger partial charge in [-0.25, -0.2) is 27.5 Å². The molecule has 2 aromatic heterocycles. The fraction of sp³-hybridized carbons (Fsp3) is 0.522. The van der Waals surface area contributed by atoms with E-state index < -0.39 is 35.5 Å². The summed E-state index contributed by atoms with van der Waals surface area (Å²) in [5.41, 5.74) is 4.60. The van der Waals surface area contributed by atoms with Gasteiger partial charge in [0.25, 0.3) is 17.7 Å². The highest BCUT2D eigenvalue weighted by Crippen LogP contribution is 2.52. The average molecular weight is 901 g/mol. The first-order chi connectivity index (χ1) is 30.8. The van der Waals surface area contributed by atoms with Gasteiger partial charge in [-0.3, -0.25) is 29.5 Å². The molecular weight excluding hydrogens is 849 g/mol. The van der Waals surface area contributed by atoms with Crippen molar-refractivity contribution in [1.82, 2.24) is 35.0 Å². The van der Waals surface area contributed by atoms with E-state index in [0.29, 0.717) is 48.0 Å². The van der Waals surface area contributed by atoms with Crippen LogP contribution < -0.4 is 25.8 Å². The number of piperidine rings is 2. The minimum absolute atomic E-state index is 0.109. The molecule has 4 aromatic rings. The lowest BCUT2D eigenvalue weighted by molar-refractivity contribution is -0.192. The summed E-state index contributed by atoms with van der Waals surface area (Å²) in [4.78, 5) is 62.4. The molecular formula is C46H52ClF3N10O4. The van der Waals surface area contributed by atoms with Gasteiger partial charge in [0.1, 0.15) is 6.17 Å². The summed E-state index contributed by atoms with van der Waals surface area (Å²) in [5, 5.41) is 13.3. The molecule has 0 bridgehead atoms. The lowest BCUT2D eigenvalue weighted by atomic mass is 9.68. The van der Waals surface area contributed by atoms with Crippen molar-refractivity contribution >= 4 is 63.9 Å². The second kappa shape index (κ2) is 16.5.